The summed E-state index contributed by atoms with van der Waals surface area (Å²) in [6, 6.07) is 10.8. The van der Waals surface area contributed by atoms with Crippen LogP contribution in [0.3, 0.4) is 0 Å². The van der Waals surface area contributed by atoms with Gasteiger partial charge in [0.2, 0.25) is 5.91 Å². The molecule has 4 heteroatoms. The van der Waals surface area contributed by atoms with E-state index in [0.29, 0.717) is 12.6 Å². The van der Waals surface area contributed by atoms with Gasteiger partial charge in [-0.1, -0.05) is 30.3 Å². The summed E-state index contributed by atoms with van der Waals surface area (Å²) >= 11 is 0. The molecule has 0 bridgehead atoms. The fraction of sp³-hybridized carbons (Fsp3) is 0.562. The molecule has 1 saturated heterocycles. The number of benzene rings is 1. The zero-order valence-corrected chi connectivity index (χ0v) is 12.4. The first kappa shape index (κ1) is 15.0. The molecule has 4 nitrogen and oxygen atoms in total. The predicted molar refractivity (Wildman–Crippen MR) is 81.2 cm³/mol. The van der Waals surface area contributed by atoms with E-state index >= 15 is 0 Å². The molecule has 1 aliphatic heterocycles. The molecule has 1 aromatic carbocycles. The van der Waals surface area contributed by atoms with Gasteiger partial charge in [0.25, 0.3) is 0 Å². The Kier molecular flexibility index (Phi) is 5.15. The Morgan fingerprint density at radius 3 is 2.80 bits per heavy atom. The van der Waals surface area contributed by atoms with Crippen LogP contribution in [0.25, 0.3) is 0 Å². The largest absolute Gasteiger partial charge is 0.348 e. The molecular formula is C16H25N3O. The molecule has 1 heterocycles. The smallest absolute Gasteiger partial charge is 0.234 e. The van der Waals surface area contributed by atoms with E-state index in [0.717, 1.165) is 24.9 Å². The third-order valence-electron chi connectivity index (χ3n) is 4.08. The van der Waals surface area contributed by atoms with Crippen molar-refractivity contribution in [3.8, 4) is 0 Å². The second-order valence-corrected chi connectivity index (χ2v) is 5.80. The van der Waals surface area contributed by atoms with E-state index in [-0.39, 0.29) is 18.0 Å². The molecule has 0 aliphatic carbocycles. The Hall–Kier alpha value is -1.39. The van der Waals surface area contributed by atoms with Crippen LogP contribution in [0.1, 0.15) is 38.3 Å². The van der Waals surface area contributed by atoms with E-state index < -0.39 is 0 Å². The second-order valence-electron chi connectivity index (χ2n) is 5.80. The van der Waals surface area contributed by atoms with Crippen LogP contribution < -0.4 is 11.1 Å². The topological polar surface area (TPSA) is 58.4 Å². The van der Waals surface area contributed by atoms with Crippen molar-refractivity contribution < 1.29 is 4.79 Å². The SMILES string of the molecule is CC(NC(=O)CN1CCC(N)CC1C)c1ccccc1. The van der Waals surface area contributed by atoms with Gasteiger partial charge in [0, 0.05) is 18.6 Å². The number of nitrogens with two attached hydrogens (primary N) is 1. The number of amides is 1. The van der Waals surface area contributed by atoms with Gasteiger partial charge in [-0.15, -0.1) is 0 Å². The average Bonchev–Trinajstić information content (AvgIpc) is 2.43. The van der Waals surface area contributed by atoms with Crippen molar-refractivity contribution in [2.24, 2.45) is 5.73 Å². The average molecular weight is 275 g/mol. The molecule has 3 atom stereocenters. The minimum Gasteiger partial charge on any atom is -0.348 e. The first-order chi connectivity index (χ1) is 9.56. The van der Waals surface area contributed by atoms with Crippen molar-refractivity contribution in [2.75, 3.05) is 13.1 Å². The molecule has 2 rings (SSSR count). The lowest BCUT2D eigenvalue weighted by molar-refractivity contribution is -0.123. The maximum Gasteiger partial charge on any atom is 0.234 e. The summed E-state index contributed by atoms with van der Waals surface area (Å²) < 4.78 is 0. The molecule has 3 unspecified atom stereocenters. The highest BCUT2D eigenvalue weighted by Gasteiger charge is 2.25. The quantitative estimate of drug-likeness (QED) is 0.879. The summed E-state index contributed by atoms with van der Waals surface area (Å²) in [6.45, 7) is 5.54. The first-order valence-electron chi connectivity index (χ1n) is 7.40. The van der Waals surface area contributed by atoms with Gasteiger partial charge in [-0.3, -0.25) is 9.69 Å². The maximum atomic E-state index is 12.1. The zero-order chi connectivity index (χ0) is 14.5. The van der Waals surface area contributed by atoms with Crippen molar-refractivity contribution in [3.05, 3.63) is 35.9 Å². The van der Waals surface area contributed by atoms with Crippen molar-refractivity contribution in [1.82, 2.24) is 10.2 Å². The summed E-state index contributed by atoms with van der Waals surface area (Å²) in [4.78, 5) is 14.4. The minimum atomic E-state index is 0.0473. The number of rotatable bonds is 4. The third-order valence-corrected chi connectivity index (χ3v) is 4.08. The normalized spacial score (nSPS) is 25.1. The molecule has 1 fully saturated rings. The molecule has 110 valence electrons. The number of hydrogen-bond donors (Lipinski definition) is 2. The van der Waals surface area contributed by atoms with Crippen LogP contribution >= 0.6 is 0 Å². The standard InChI is InChI=1S/C16H25N3O/c1-12-10-15(17)8-9-19(12)11-16(20)18-13(2)14-6-4-3-5-7-14/h3-7,12-13,15H,8-11,17H2,1-2H3,(H,18,20). The van der Waals surface area contributed by atoms with E-state index in [9.17, 15) is 4.79 Å². The summed E-state index contributed by atoms with van der Waals surface area (Å²) in [7, 11) is 0. The van der Waals surface area contributed by atoms with Gasteiger partial charge in [0.05, 0.1) is 12.6 Å². The lowest BCUT2D eigenvalue weighted by Crippen LogP contribution is -2.49. The highest BCUT2D eigenvalue weighted by molar-refractivity contribution is 5.78. The summed E-state index contributed by atoms with van der Waals surface area (Å²) in [5.74, 6) is 0.0867. The van der Waals surface area contributed by atoms with Crippen LogP contribution in [0.2, 0.25) is 0 Å². The number of hydrogen-bond acceptors (Lipinski definition) is 3. The van der Waals surface area contributed by atoms with Gasteiger partial charge in [-0.2, -0.15) is 0 Å². The third kappa shape index (κ3) is 4.05. The summed E-state index contributed by atoms with van der Waals surface area (Å²) in [5, 5.41) is 3.06. The second kappa shape index (κ2) is 6.86. The fourth-order valence-electron chi connectivity index (χ4n) is 2.79. The van der Waals surface area contributed by atoms with Crippen molar-refractivity contribution in [2.45, 2.75) is 44.8 Å². The van der Waals surface area contributed by atoms with Crippen molar-refractivity contribution >= 4 is 5.91 Å². The van der Waals surface area contributed by atoms with Gasteiger partial charge < -0.3 is 11.1 Å². The number of carbonyl (C=O) groups is 1. The molecule has 20 heavy (non-hydrogen) atoms. The van der Waals surface area contributed by atoms with Gasteiger partial charge in [-0.25, -0.2) is 0 Å². The molecule has 0 saturated carbocycles. The maximum absolute atomic E-state index is 12.1. The van der Waals surface area contributed by atoms with Crippen LogP contribution in [-0.2, 0) is 4.79 Å². The van der Waals surface area contributed by atoms with E-state index in [1.807, 2.05) is 37.3 Å². The number of carbonyl (C=O) groups excluding carboxylic acids is 1. The highest BCUT2D eigenvalue weighted by Crippen LogP contribution is 2.16. The van der Waals surface area contributed by atoms with Crippen LogP contribution in [0, 0.1) is 0 Å². The lowest BCUT2D eigenvalue weighted by Gasteiger charge is -2.36. The number of piperidine rings is 1. The van der Waals surface area contributed by atoms with Crippen LogP contribution in [0.5, 0.6) is 0 Å². The van der Waals surface area contributed by atoms with Gasteiger partial charge in [-0.05, 0) is 32.3 Å². The van der Waals surface area contributed by atoms with E-state index in [1.54, 1.807) is 0 Å². The number of nitrogens with zero attached hydrogens (tertiary/aromatic N) is 1. The van der Waals surface area contributed by atoms with Gasteiger partial charge in [0.1, 0.15) is 0 Å². The van der Waals surface area contributed by atoms with Gasteiger partial charge in [0.15, 0.2) is 0 Å². The summed E-state index contributed by atoms with van der Waals surface area (Å²) in [5.41, 5.74) is 7.08. The van der Waals surface area contributed by atoms with Crippen LogP contribution in [-0.4, -0.2) is 36.0 Å². The predicted octanol–water partition coefficient (Wildman–Crippen LogP) is 1.68. The van der Waals surface area contributed by atoms with E-state index in [4.69, 9.17) is 5.73 Å². The minimum absolute atomic E-state index is 0.0473. The Bertz CT molecular complexity index is 435. The van der Waals surface area contributed by atoms with Crippen LogP contribution in [0.4, 0.5) is 0 Å². The van der Waals surface area contributed by atoms with Crippen molar-refractivity contribution in [1.29, 1.82) is 0 Å². The Labute approximate surface area is 121 Å². The summed E-state index contributed by atoms with van der Waals surface area (Å²) in [6.07, 6.45) is 1.95. The molecule has 1 aliphatic rings. The molecule has 0 radical (unpaired) electrons. The Morgan fingerprint density at radius 1 is 1.45 bits per heavy atom. The molecule has 1 amide bonds. The lowest BCUT2D eigenvalue weighted by atomic mass is 9.99. The van der Waals surface area contributed by atoms with Gasteiger partial charge >= 0.3 is 0 Å². The Morgan fingerprint density at radius 2 is 2.15 bits per heavy atom. The number of nitrogens with one attached hydrogen (secondary N) is 1. The monoisotopic (exact) mass is 275 g/mol. The van der Waals surface area contributed by atoms with Crippen molar-refractivity contribution in [3.63, 3.8) is 0 Å². The highest BCUT2D eigenvalue weighted by atomic mass is 16.2. The molecule has 1 aromatic rings. The molecule has 3 N–H and O–H groups in total. The Balaban J connectivity index is 1.83. The van der Waals surface area contributed by atoms with E-state index in [1.165, 1.54) is 0 Å². The van der Waals surface area contributed by atoms with E-state index in [2.05, 4.69) is 17.1 Å². The molecule has 0 aromatic heterocycles. The molecule has 0 spiro atoms. The first-order valence-corrected chi connectivity index (χ1v) is 7.40. The fourth-order valence-corrected chi connectivity index (χ4v) is 2.79. The van der Waals surface area contributed by atoms with Crippen LogP contribution in [0.15, 0.2) is 30.3 Å². The zero-order valence-electron chi connectivity index (χ0n) is 12.4. The number of likely N-dealkylation sites (tertiary alicyclic amines) is 1. The molecular weight excluding hydrogens is 250 g/mol.